The number of nitrogens with zero attached hydrogens (tertiary/aromatic N) is 2. The predicted molar refractivity (Wildman–Crippen MR) is 94.4 cm³/mol. The average molecular weight is 322 g/mol. The minimum Gasteiger partial charge on any atom is -0.340 e. The predicted octanol–water partition coefficient (Wildman–Crippen LogP) is 2.49. The molecule has 4 nitrogen and oxygen atoms in total. The van der Waals surface area contributed by atoms with Crippen LogP contribution in [-0.4, -0.2) is 61.5 Å². The molecule has 2 heterocycles. The van der Waals surface area contributed by atoms with Crippen LogP contribution in [0.25, 0.3) is 0 Å². The largest absolute Gasteiger partial charge is 0.340 e. The number of carbonyl (C=O) groups excluding carboxylic acids is 1. The van der Waals surface area contributed by atoms with Gasteiger partial charge in [0, 0.05) is 39.1 Å². The fourth-order valence-electron chi connectivity index (χ4n) is 4.57. The monoisotopic (exact) mass is 321 g/mol. The van der Waals surface area contributed by atoms with Gasteiger partial charge in [0.25, 0.3) is 0 Å². The molecule has 0 bridgehead atoms. The minimum atomic E-state index is 0.404. The molecule has 0 unspecified atom stereocenters. The zero-order valence-corrected chi connectivity index (χ0v) is 14.8. The van der Waals surface area contributed by atoms with Crippen molar-refractivity contribution in [3.05, 3.63) is 0 Å². The molecule has 23 heavy (non-hydrogen) atoms. The van der Waals surface area contributed by atoms with E-state index in [1.165, 1.54) is 51.5 Å². The molecule has 0 aromatic rings. The van der Waals surface area contributed by atoms with E-state index >= 15 is 0 Å². The highest BCUT2D eigenvalue weighted by Gasteiger charge is 2.24. The van der Waals surface area contributed by atoms with Crippen LogP contribution in [-0.2, 0) is 4.79 Å². The first-order chi connectivity index (χ1) is 11.3. The van der Waals surface area contributed by atoms with E-state index in [-0.39, 0.29) is 0 Å². The summed E-state index contributed by atoms with van der Waals surface area (Å²) in [5, 5.41) is 3.40. The van der Waals surface area contributed by atoms with Crippen LogP contribution in [0.2, 0.25) is 0 Å². The fourth-order valence-corrected chi connectivity index (χ4v) is 4.57. The Kier molecular flexibility index (Phi) is 6.76. The van der Waals surface area contributed by atoms with Gasteiger partial charge in [-0.15, -0.1) is 0 Å². The molecule has 0 spiro atoms. The molecular weight excluding hydrogens is 286 g/mol. The van der Waals surface area contributed by atoms with E-state index in [1.807, 2.05) is 0 Å². The van der Waals surface area contributed by atoms with E-state index in [9.17, 15) is 4.79 Å². The number of nitrogens with one attached hydrogen (secondary N) is 1. The van der Waals surface area contributed by atoms with Crippen molar-refractivity contribution in [1.82, 2.24) is 15.1 Å². The summed E-state index contributed by atoms with van der Waals surface area (Å²) in [6.45, 7) is 7.65. The first-order valence-electron chi connectivity index (χ1n) is 10.0. The van der Waals surface area contributed by atoms with Gasteiger partial charge in [-0.1, -0.05) is 19.3 Å². The molecule has 132 valence electrons. The van der Waals surface area contributed by atoms with Crippen LogP contribution in [0.15, 0.2) is 0 Å². The van der Waals surface area contributed by atoms with Gasteiger partial charge in [0.05, 0.1) is 0 Å². The molecule has 2 saturated heterocycles. The van der Waals surface area contributed by atoms with Gasteiger partial charge in [-0.3, -0.25) is 9.69 Å². The molecule has 0 aromatic carbocycles. The second-order valence-corrected chi connectivity index (χ2v) is 7.92. The average Bonchev–Trinajstić information content (AvgIpc) is 2.62. The molecule has 1 saturated carbocycles. The third kappa shape index (κ3) is 5.46. The molecule has 3 rings (SSSR count). The van der Waals surface area contributed by atoms with Gasteiger partial charge < -0.3 is 10.2 Å². The molecule has 4 heteroatoms. The molecule has 0 aromatic heterocycles. The van der Waals surface area contributed by atoms with Crippen LogP contribution >= 0.6 is 0 Å². The highest BCUT2D eigenvalue weighted by atomic mass is 16.2. The summed E-state index contributed by atoms with van der Waals surface area (Å²) in [6, 6.07) is 0. The van der Waals surface area contributed by atoms with E-state index in [2.05, 4.69) is 15.1 Å². The quantitative estimate of drug-likeness (QED) is 0.845. The Labute approximate surface area is 142 Å². The smallest absolute Gasteiger partial charge is 0.222 e. The van der Waals surface area contributed by atoms with Gasteiger partial charge in [0.1, 0.15) is 0 Å². The summed E-state index contributed by atoms with van der Waals surface area (Å²) in [4.78, 5) is 17.2. The van der Waals surface area contributed by atoms with Crippen molar-refractivity contribution in [2.24, 2.45) is 11.8 Å². The SMILES string of the molecule is O=C(CCC1CCNCC1)N1CCN(CC2CCCCC2)CC1. The molecule has 2 aliphatic heterocycles. The number of rotatable bonds is 5. The van der Waals surface area contributed by atoms with E-state index in [1.54, 1.807) is 0 Å². The summed E-state index contributed by atoms with van der Waals surface area (Å²) < 4.78 is 0. The Morgan fingerprint density at radius 2 is 1.57 bits per heavy atom. The van der Waals surface area contributed by atoms with E-state index in [4.69, 9.17) is 0 Å². The van der Waals surface area contributed by atoms with Crippen LogP contribution < -0.4 is 5.32 Å². The lowest BCUT2D eigenvalue weighted by atomic mass is 9.89. The van der Waals surface area contributed by atoms with Gasteiger partial charge >= 0.3 is 0 Å². The molecule has 3 fully saturated rings. The van der Waals surface area contributed by atoms with Crippen LogP contribution in [0.4, 0.5) is 0 Å². The standard InChI is InChI=1S/C19H35N3O/c23-19(7-6-17-8-10-20-11-9-17)22-14-12-21(13-15-22)16-18-4-2-1-3-5-18/h17-18,20H,1-16H2. The van der Waals surface area contributed by atoms with Crippen molar-refractivity contribution < 1.29 is 4.79 Å². The Bertz CT molecular complexity index is 354. The summed E-state index contributed by atoms with van der Waals surface area (Å²) in [7, 11) is 0. The Morgan fingerprint density at radius 1 is 0.870 bits per heavy atom. The Morgan fingerprint density at radius 3 is 2.26 bits per heavy atom. The molecule has 1 aliphatic carbocycles. The van der Waals surface area contributed by atoms with Gasteiger partial charge in [0.15, 0.2) is 0 Å². The molecule has 3 aliphatic rings. The Hall–Kier alpha value is -0.610. The maximum Gasteiger partial charge on any atom is 0.222 e. The van der Waals surface area contributed by atoms with Crippen LogP contribution in [0.3, 0.4) is 0 Å². The van der Waals surface area contributed by atoms with Crippen molar-refractivity contribution in [3.8, 4) is 0 Å². The Balaban J connectivity index is 1.32. The molecular formula is C19H35N3O. The van der Waals surface area contributed by atoms with Gasteiger partial charge in [-0.25, -0.2) is 0 Å². The number of hydrogen-bond acceptors (Lipinski definition) is 3. The second-order valence-electron chi connectivity index (χ2n) is 7.92. The second kappa shape index (κ2) is 9.03. The topological polar surface area (TPSA) is 35.6 Å². The third-order valence-corrected chi connectivity index (χ3v) is 6.19. The van der Waals surface area contributed by atoms with Crippen molar-refractivity contribution in [2.45, 2.75) is 57.8 Å². The summed E-state index contributed by atoms with van der Waals surface area (Å²) in [5.74, 6) is 2.10. The lowest BCUT2D eigenvalue weighted by molar-refractivity contribution is -0.133. The van der Waals surface area contributed by atoms with E-state index in [0.717, 1.165) is 63.9 Å². The molecule has 0 radical (unpaired) electrons. The van der Waals surface area contributed by atoms with Crippen molar-refractivity contribution in [2.75, 3.05) is 45.8 Å². The highest BCUT2D eigenvalue weighted by Crippen LogP contribution is 2.25. The van der Waals surface area contributed by atoms with E-state index < -0.39 is 0 Å². The van der Waals surface area contributed by atoms with Crippen molar-refractivity contribution in [1.29, 1.82) is 0 Å². The molecule has 1 N–H and O–H groups in total. The maximum atomic E-state index is 12.4. The summed E-state index contributed by atoms with van der Waals surface area (Å²) >= 11 is 0. The molecule has 0 atom stereocenters. The van der Waals surface area contributed by atoms with Crippen molar-refractivity contribution >= 4 is 5.91 Å². The van der Waals surface area contributed by atoms with Gasteiger partial charge in [-0.05, 0) is 57.0 Å². The fraction of sp³-hybridized carbons (Fsp3) is 0.947. The summed E-state index contributed by atoms with van der Waals surface area (Å²) in [6.07, 6.45) is 11.5. The number of hydrogen-bond donors (Lipinski definition) is 1. The first kappa shape index (κ1) is 17.2. The first-order valence-corrected chi connectivity index (χ1v) is 10.0. The van der Waals surface area contributed by atoms with E-state index in [0.29, 0.717) is 5.91 Å². The number of amides is 1. The third-order valence-electron chi connectivity index (χ3n) is 6.19. The lowest BCUT2D eigenvalue weighted by Gasteiger charge is -2.37. The highest BCUT2D eigenvalue weighted by molar-refractivity contribution is 5.76. The lowest BCUT2D eigenvalue weighted by Crippen LogP contribution is -2.49. The number of piperidine rings is 1. The number of piperazine rings is 1. The van der Waals surface area contributed by atoms with Gasteiger partial charge in [0.2, 0.25) is 5.91 Å². The molecule has 1 amide bonds. The summed E-state index contributed by atoms with van der Waals surface area (Å²) in [5.41, 5.74) is 0. The van der Waals surface area contributed by atoms with Crippen molar-refractivity contribution in [3.63, 3.8) is 0 Å². The maximum absolute atomic E-state index is 12.4. The normalized spacial score (nSPS) is 25.7. The van der Waals surface area contributed by atoms with Crippen LogP contribution in [0, 0.1) is 11.8 Å². The minimum absolute atomic E-state index is 0.404. The van der Waals surface area contributed by atoms with Crippen LogP contribution in [0.1, 0.15) is 57.8 Å². The zero-order valence-electron chi connectivity index (χ0n) is 14.8. The number of carbonyl (C=O) groups is 1. The van der Waals surface area contributed by atoms with Gasteiger partial charge in [-0.2, -0.15) is 0 Å². The zero-order chi connectivity index (χ0) is 15.9. The van der Waals surface area contributed by atoms with Crippen LogP contribution in [0.5, 0.6) is 0 Å².